The largest absolute Gasteiger partial charge is 0.354 e. The predicted octanol–water partition coefficient (Wildman–Crippen LogP) is 2.16. The van der Waals surface area contributed by atoms with Crippen LogP contribution in [0, 0.1) is 19.8 Å². The van der Waals surface area contributed by atoms with Gasteiger partial charge in [0.25, 0.3) is 5.91 Å². The molecule has 1 aliphatic carbocycles. The molecule has 1 saturated carbocycles. The van der Waals surface area contributed by atoms with Gasteiger partial charge in [-0.3, -0.25) is 9.59 Å². The number of aromatic nitrogens is 1. The summed E-state index contributed by atoms with van der Waals surface area (Å²) in [5.74, 6) is 0.618. The van der Waals surface area contributed by atoms with E-state index in [1.807, 2.05) is 4.90 Å². The van der Waals surface area contributed by atoms with Gasteiger partial charge in [0.15, 0.2) is 0 Å². The second-order valence-corrected chi connectivity index (χ2v) is 8.54. The highest BCUT2D eigenvalue weighted by molar-refractivity contribution is 5.95. The summed E-state index contributed by atoms with van der Waals surface area (Å²) in [7, 11) is 0. The number of hydrogen-bond donors (Lipinski definition) is 2. The summed E-state index contributed by atoms with van der Waals surface area (Å²) in [6.45, 7) is 7.35. The first-order chi connectivity index (χ1) is 13.0. The van der Waals surface area contributed by atoms with Crippen LogP contribution in [0.2, 0.25) is 0 Å². The molecule has 2 atom stereocenters. The topological polar surface area (TPSA) is 66.4 Å². The number of aryl methyl sites for hydroxylation is 1. The van der Waals surface area contributed by atoms with Gasteiger partial charge in [-0.05, 0) is 70.9 Å². The lowest BCUT2D eigenvalue weighted by molar-refractivity contribution is -0.123. The van der Waals surface area contributed by atoms with E-state index in [-0.39, 0.29) is 17.9 Å². The molecule has 2 unspecified atom stereocenters. The van der Waals surface area contributed by atoms with Gasteiger partial charge in [-0.25, -0.2) is 0 Å². The lowest BCUT2D eigenvalue weighted by Crippen LogP contribution is -2.46. The maximum atomic E-state index is 13.1. The molecule has 3 fully saturated rings. The molecule has 1 aromatic heterocycles. The van der Waals surface area contributed by atoms with E-state index in [1.165, 1.54) is 18.5 Å². The molecule has 0 aromatic carbocycles. The van der Waals surface area contributed by atoms with Crippen molar-refractivity contribution in [3.63, 3.8) is 0 Å². The molecule has 0 spiro atoms. The molecule has 2 aliphatic heterocycles. The summed E-state index contributed by atoms with van der Waals surface area (Å²) < 4.78 is 2.34. The average molecular weight is 373 g/mol. The van der Waals surface area contributed by atoms with Crippen LogP contribution < -0.4 is 10.6 Å². The van der Waals surface area contributed by atoms with E-state index < -0.39 is 0 Å². The molecule has 27 heavy (non-hydrogen) atoms. The summed E-state index contributed by atoms with van der Waals surface area (Å²) >= 11 is 0. The summed E-state index contributed by atoms with van der Waals surface area (Å²) in [5.41, 5.74) is 3.17. The van der Waals surface area contributed by atoms with E-state index in [1.54, 1.807) is 0 Å². The summed E-state index contributed by atoms with van der Waals surface area (Å²) in [4.78, 5) is 27.4. The average Bonchev–Trinajstić information content (AvgIpc) is 3.24. The third-order valence-electron chi connectivity index (χ3n) is 6.37. The Morgan fingerprint density at radius 3 is 2.70 bits per heavy atom. The van der Waals surface area contributed by atoms with E-state index in [4.69, 9.17) is 0 Å². The Balaban J connectivity index is 1.35. The maximum Gasteiger partial charge on any atom is 0.255 e. The quantitative estimate of drug-likeness (QED) is 0.832. The van der Waals surface area contributed by atoms with Crippen LogP contribution in [-0.4, -0.2) is 53.5 Å². The zero-order valence-electron chi connectivity index (χ0n) is 16.6. The van der Waals surface area contributed by atoms with Gasteiger partial charge in [-0.1, -0.05) is 0 Å². The number of rotatable bonds is 5. The number of piperidine rings is 1. The summed E-state index contributed by atoms with van der Waals surface area (Å²) in [5, 5.41) is 6.34. The zero-order chi connectivity index (χ0) is 19.0. The smallest absolute Gasteiger partial charge is 0.255 e. The Hall–Kier alpha value is -1.82. The highest BCUT2D eigenvalue weighted by Gasteiger charge is 2.31. The molecule has 2 N–H and O–H groups in total. The third-order valence-corrected chi connectivity index (χ3v) is 6.37. The highest BCUT2D eigenvalue weighted by atomic mass is 16.2. The lowest BCUT2D eigenvalue weighted by Gasteiger charge is -2.33. The molecule has 2 amide bonds. The van der Waals surface area contributed by atoms with Gasteiger partial charge >= 0.3 is 0 Å². The fourth-order valence-corrected chi connectivity index (χ4v) is 4.75. The van der Waals surface area contributed by atoms with Crippen LogP contribution in [0.25, 0.3) is 0 Å². The van der Waals surface area contributed by atoms with E-state index in [2.05, 4.69) is 35.1 Å². The van der Waals surface area contributed by atoms with Crippen LogP contribution >= 0.6 is 0 Å². The van der Waals surface area contributed by atoms with Crippen molar-refractivity contribution in [2.24, 2.45) is 5.92 Å². The Morgan fingerprint density at radius 2 is 2.00 bits per heavy atom. The fourth-order valence-electron chi connectivity index (χ4n) is 4.75. The summed E-state index contributed by atoms with van der Waals surface area (Å²) in [6, 6.07) is 2.63. The van der Waals surface area contributed by atoms with Crippen LogP contribution in [0.4, 0.5) is 0 Å². The first-order valence-electron chi connectivity index (χ1n) is 10.5. The van der Waals surface area contributed by atoms with Crippen molar-refractivity contribution in [3.05, 3.63) is 23.0 Å². The van der Waals surface area contributed by atoms with Crippen LogP contribution in [-0.2, 0) is 4.79 Å². The predicted molar refractivity (Wildman–Crippen MR) is 105 cm³/mol. The Morgan fingerprint density at radius 1 is 1.19 bits per heavy atom. The number of carbonyl (C=O) groups excluding carboxylic acids is 2. The number of nitrogens with one attached hydrogen (secondary N) is 2. The van der Waals surface area contributed by atoms with Gasteiger partial charge in [-0.15, -0.1) is 0 Å². The van der Waals surface area contributed by atoms with Crippen molar-refractivity contribution in [2.75, 3.05) is 26.2 Å². The van der Waals surface area contributed by atoms with Gasteiger partial charge in [0.05, 0.1) is 11.6 Å². The van der Waals surface area contributed by atoms with E-state index in [0.717, 1.165) is 56.6 Å². The minimum atomic E-state index is -0.0286. The fraction of sp³-hybridized carbons (Fsp3) is 0.714. The minimum absolute atomic E-state index is 0.0286. The zero-order valence-corrected chi connectivity index (χ0v) is 16.6. The van der Waals surface area contributed by atoms with Crippen LogP contribution in [0.5, 0.6) is 0 Å². The van der Waals surface area contributed by atoms with Gasteiger partial charge in [0, 0.05) is 37.1 Å². The molecule has 1 aromatic rings. The molecule has 6 nitrogen and oxygen atoms in total. The normalized spacial score (nSPS) is 25.6. The Bertz CT molecular complexity index is 716. The molecule has 3 heterocycles. The Labute approximate surface area is 161 Å². The standard InChI is InChI=1S/C21H32N4O2/c1-14-11-18(15(2)25(14)17-7-8-17)21(27)24-10-4-5-16(13-24)12-23-20(26)19-6-3-9-22-19/h11,16-17,19,22H,3-10,12-13H2,1-2H3,(H,23,26). The molecule has 6 heteroatoms. The summed E-state index contributed by atoms with van der Waals surface area (Å²) in [6.07, 6.45) is 6.54. The van der Waals surface area contributed by atoms with Gasteiger partial charge in [0.1, 0.15) is 0 Å². The molecule has 2 saturated heterocycles. The van der Waals surface area contributed by atoms with Gasteiger partial charge in [-0.2, -0.15) is 0 Å². The van der Waals surface area contributed by atoms with E-state index in [9.17, 15) is 9.59 Å². The molecule has 148 valence electrons. The first kappa shape index (κ1) is 18.5. The van der Waals surface area contributed by atoms with Crippen LogP contribution in [0.3, 0.4) is 0 Å². The number of likely N-dealkylation sites (tertiary alicyclic amines) is 1. The molecule has 0 radical (unpaired) electrons. The number of hydrogen-bond acceptors (Lipinski definition) is 3. The van der Waals surface area contributed by atoms with Crippen molar-refractivity contribution in [1.82, 2.24) is 20.1 Å². The number of nitrogens with zero attached hydrogens (tertiary/aromatic N) is 2. The van der Waals surface area contributed by atoms with Crippen molar-refractivity contribution >= 4 is 11.8 Å². The van der Waals surface area contributed by atoms with Gasteiger partial charge in [0.2, 0.25) is 5.91 Å². The molecule has 0 bridgehead atoms. The van der Waals surface area contributed by atoms with Crippen molar-refractivity contribution in [3.8, 4) is 0 Å². The second-order valence-electron chi connectivity index (χ2n) is 8.54. The minimum Gasteiger partial charge on any atom is -0.354 e. The maximum absolute atomic E-state index is 13.1. The van der Waals surface area contributed by atoms with Crippen molar-refractivity contribution in [1.29, 1.82) is 0 Å². The molecular weight excluding hydrogens is 340 g/mol. The van der Waals surface area contributed by atoms with Crippen LogP contribution in [0.15, 0.2) is 6.07 Å². The Kier molecular flexibility index (Phi) is 5.26. The van der Waals surface area contributed by atoms with E-state index in [0.29, 0.717) is 18.5 Å². The highest BCUT2D eigenvalue weighted by Crippen LogP contribution is 2.38. The van der Waals surface area contributed by atoms with Gasteiger partial charge < -0.3 is 20.1 Å². The number of carbonyl (C=O) groups is 2. The monoisotopic (exact) mass is 372 g/mol. The third kappa shape index (κ3) is 3.91. The number of amides is 2. The van der Waals surface area contributed by atoms with Crippen molar-refractivity contribution in [2.45, 2.75) is 64.5 Å². The SMILES string of the molecule is Cc1cc(C(=O)N2CCCC(CNC(=O)C3CCCN3)C2)c(C)n1C1CC1. The second kappa shape index (κ2) is 7.66. The molecular formula is C21H32N4O2. The lowest BCUT2D eigenvalue weighted by atomic mass is 9.97. The van der Waals surface area contributed by atoms with Crippen LogP contribution in [0.1, 0.15) is 66.3 Å². The van der Waals surface area contributed by atoms with Crippen molar-refractivity contribution < 1.29 is 9.59 Å². The molecule has 4 rings (SSSR count). The molecule has 3 aliphatic rings. The van der Waals surface area contributed by atoms with E-state index >= 15 is 0 Å². The first-order valence-corrected chi connectivity index (χ1v) is 10.5.